The highest BCUT2D eigenvalue weighted by atomic mass is 16.5. The number of hydrogen-bond acceptors (Lipinski definition) is 5. The maximum Gasteiger partial charge on any atom is 0.306 e. The van der Waals surface area contributed by atoms with Crippen molar-refractivity contribution in [1.29, 1.82) is 0 Å². The number of esters is 1. The van der Waals surface area contributed by atoms with Gasteiger partial charge in [-0.25, -0.2) is 0 Å². The number of aliphatic hydroxyl groups excluding tert-OH is 2. The van der Waals surface area contributed by atoms with Crippen molar-refractivity contribution in [2.75, 3.05) is 6.61 Å². The molecule has 6 heteroatoms. The molecule has 338 valence electrons. The minimum absolute atomic E-state index is 0.0786. The van der Waals surface area contributed by atoms with Crippen molar-refractivity contribution in [3.05, 3.63) is 12.2 Å². The molecule has 6 nitrogen and oxygen atoms in total. The standard InChI is InChI=1S/C51H99NO5/c1-4-7-10-13-16-19-22-24-25-26-28-30-33-36-39-42-47(57-51(56)44-41-38-35-32-29-23-20-17-14-11-8-5-2)45-50(55)52-48(46-53)49(54)43-40-37-34-31-27-21-18-15-12-9-6-3/h24-25,47-49,53-54H,4-23,26-46H2,1-3H3,(H,52,55)/b25-24+. The zero-order valence-electron chi connectivity index (χ0n) is 38.5. The van der Waals surface area contributed by atoms with Gasteiger partial charge in [0.2, 0.25) is 5.91 Å². The quantitative estimate of drug-likeness (QED) is 0.0323. The van der Waals surface area contributed by atoms with Gasteiger partial charge in [-0.05, 0) is 51.4 Å². The topological polar surface area (TPSA) is 95.9 Å². The van der Waals surface area contributed by atoms with Crippen molar-refractivity contribution in [2.24, 2.45) is 0 Å². The Kier molecular flexibility index (Phi) is 44.6. The Bertz CT molecular complexity index is 863. The molecule has 0 heterocycles. The zero-order valence-corrected chi connectivity index (χ0v) is 38.5. The van der Waals surface area contributed by atoms with E-state index < -0.39 is 18.2 Å². The summed E-state index contributed by atoms with van der Waals surface area (Å²) in [5.74, 6) is -0.467. The molecule has 57 heavy (non-hydrogen) atoms. The van der Waals surface area contributed by atoms with Crippen LogP contribution in [0.5, 0.6) is 0 Å². The van der Waals surface area contributed by atoms with Gasteiger partial charge in [-0.15, -0.1) is 0 Å². The van der Waals surface area contributed by atoms with Crippen molar-refractivity contribution in [2.45, 2.75) is 296 Å². The number of aliphatic hydroxyl groups is 2. The molecule has 0 aliphatic carbocycles. The van der Waals surface area contributed by atoms with Crippen molar-refractivity contribution in [3.63, 3.8) is 0 Å². The summed E-state index contributed by atoms with van der Waals surface area (Å²) < 4.78 is 5.93. The van der Waals surface area contributed by atoms with E-state index in [1.54, 1.807) is 0 Å². The van der Waals surface area contributed by atoms with E-state index in [0.29, 0.717) is 19.3 Å². The van der Waals surface area contributed by atoms with E-state index in [4.69, 9.17) is 4.74 Å². The lowest BCUT2D eigenvalue weighted by Gasteiger charge is -2.24. The van der Waals surface area contributed by atoms with Crippen LogP contribution >= 0.6 is 0 Å². The molecule has 3 atom stereocenters. The fourth-order valence-electron chi connectivity index (χ4n) is 7.96. The number of allylic oxidation sites excluding steroid dienone is 2. The molecule has 0 saturated heterocycles. The smallest absolute Gasteiger partial charge is 0.306 e. The minimum atomic E-state index is -0.783. The van der Waals surface area contributed by atoms with Crippen LogP contribution in [0.3, 0.4) is 0 Å². The molecule has 0 aromatic carbocycles. The number of unbranched alkanes of at least 4 members (excludes halogenated alkanes) is 32. The first-order chi connectivity index (χ1) is 28.0. The Morgan fingerprint density at radius 3 is 1.25 bits per heavy atom. The second-order valence-corrected chi connectivity index (χ2v) is 17.6. The van der Waals surface area contributed by atoms with E-state index in [0.717, 1.165) is 57.8 Å². The highest BCUT2D eigenvalue weighted by Crippen LogP contribution is 2.18. The van der Waals surface area contributed by atoms with Crippen LogP contribution in [0, 0.1) is 0 Å². The molecule has 0 aromatic heterocycles. The van der Waals surface area contributed by atoms with Gasteiger partial charge in [0.1, 0.15) is 6.10 Å². The van der Waals surface area contributed by atoms with Gasteiger partial charge in [-0.2, -0.15) is 0 Å². The van der Waals surface area contributed by atoms with Gasteiger partial charge >= 0.3 is 5.97 Å². The largest absolute Gasteiger partial charge is 0.462 e. The molecule has 0 fully saturated rings. The lowest BCUT2D eigenvalue weighted by Crippen LogP contribution is -2.46. The third-order valence-electron chi connectivity index (χ3n) is 11.8. The van der Waals surface area contributed by atoms with Crippen LogP contribution < -0.4 is 5.32 Å². The summed E-state index contributed by atoms with van der Waals surface area (Å²) in [5.41, 5.74) is 0. The Morgan fingerprint density at radius 1 is 0.491 bits per heavy atom. The number of amides is 1. The number of nitrogens with one attached hydrogen (secondary N) is 1. The predicted octanol–water partition coefficient (Wildman–Crippen LogP) is 15.0. The first-order valence-corrected chi connectivity index (χ1v) is 25.4. The van der Waals surface area contributed by atoms with Gasteiger partial charge in [0.05, 0.1) is 25.2 Å². The summed E-state index contributed by atoms with van der Waals surface area (Å²) in [7, 11) is 0. The van der Waals surface area contributed by atoms with Gasteiger partial charge in [0.25, 0.3) is 0 Å². The summed E-state index contributed by atoms with van der Waals surface area (Å²) in [6, 6.07) is -0.696. The molecule has 0 spiro atoms. The lowest BCUT2D eigenvalue weighted by molar-refractivity contribution is -0.151. The molecular formula is C51H99NO5. The third kappa shape index (κ3) is 41.1. The summed E-state index contributed by atoms with van der Waals surface area (Å²) in [5, 5.41) is 23.7. The summed E-state index contributed by atoms with van der Waals surface area (Å²) in [6.45, 7) is 6.48. The molecule has 0 aliphatic rings. The number of rotatable bonds is 46. The molecule has 0 bridgehead atoms. The van der Waals surface area contributed by atoms with E-state index in [1.807, 2.05) is 0 Å². The van der Waals surface area contributed by atoms with E-state index in [1.165, 1.54) is 173 Å². The third-order valence-corrected chi connectivity index (χ3v) is 11.8. The monoisotopic (exact) mass is 806 g/mol. The van der Waals surface area contributed by atoms with E-state index in [9.17, 15) is 19.8 Å². The van der Waals surface area contributed by atoms with E-state index in [2.05, 4.69) is 38.2 Å². The van der Waals surface area contributed by atoms with Crippen LogP contribution in [0.2, 0.25) is 0 Å². The summed E-state index contributed by atoms with van der Waals surface area (Å²) in [6.07, 6.45) is 49.8. The predicted molar refractivity (Wildman–Crippen MR) is 246 cm³/mol. The van der Waals surface area contributed by atoms with Crippen LogP contribution in [0.15, 0.2) is 12.2 Å². The number of ether oxygens (including phenoxy) is 1. The Morgan fingerprint density at radius 2 is 0.842 bits per heavy atom. The lowest BCUT2D eigenvalue weighted by atomic mass is 10.0. The fraction of sp³-hybridized carbons (Fsp3) is 0.922. The first kappa shape index (κ1) is 55.6. The van der Waals surface area contributed by atoms with Crippen molar-refractivity contribution in [3.8, 4) is 0 Å². The highest BCUT2D eigenvalue weighted by molar-refractivity contribution is 5.77. The highest BCUT2D eigenvalue weighted by Gasteiger charge is 2.24. The molecule has 1 amide bonds. The van der Waals surface area contributed by atoms with Crippen molar-refractivity contribution >= 4 is 11.9 Å². The molecule has 0 aliphatic heterocycles. The van der Waals surface area contributed by atoms with E-state index in [-0.39, 0.29) is 24.9 Å². The zero-order chi connectivity index (χ0) is 41.7. The maximum atomic E-state index is 13.2. The van der Waals surface area contributed by atoms with E-state index >= 15 is 0 Å². The summed E-state index contributed by atoms with van der Waals surface area (Å²) in [4.78, 5) is 26.1. The maximum absolute atomic E-state index is 13.2. The molecule has 3 N–H and O–H groups in total. The van der Waals surface area contributed by atoms with Gasteiger partial charge in [0, 0.05) is 6.42 Å². The van der Waals surface area contributed by atoms with Gasteiger partial charge in [0.15, 0.2) is 0 Å². The Labute approximate surface area is 355 Å². The second-order valence-electron chi connectivity index (χ2n) is 17.6. The normalized spacial score (nSPS) is 13.3. The van der Waals surface area contributed by atoms with Gasteiger partial charge < -0.3 is 20.3 Å². The molecule has 0 aromatic rings. The van der Waals surface area contributed by atoms with Crippen LogP contribution in [0.25, 0.3) is 0 Å². The molecule has 0 saturated carbocycles. The van der Waals surface area contributed by atoms with Gasteiger partial charge in [-0.3, -0.25) is 9.59 Å². The molecule has 3 unspecified atom stereocenters. The minimum Gasteiger partial charge on any atom is -0.462 e. The van der Waals surface area contributed by atoms with Crippen LogP contribution in [-0.4, -0.2) is 46.9 Å². The van der Waals surface area contributed by atoms with Crippen molar-refractivity contribution < 1.29 is 24.5 Å². The Balaban J connectivity index is 4.57. The fourth-order valence-corrected chi connectivity index (χ4v) is 7.96. The molecule has 0 radical (unpaired) electrons. The molecular weight excluding hydrogens is 707 g/mol. The van der Waals surface area contributed by atoms with Crippen LogP contribution in [-0.2, 0) is 14.3 Å². The Hall–Kier alpha value is -1.40. The first-order valence-electron chi connectivity index (χ1n) is 25.4. The van der Waals surface area contributed by atoms with Gasteiger partial charge in [-0.1, -0.05) is 226 Å². The van der Waals surface area contributed by atoms with Crippen LogP contribution in [0.4, 0.5) is 0 Å². The second kappa shape index (κ2) is 45.7. The SMILES string of the molecule is CCCCCCCC/C=C/CCCCCCCC(CC(=O)NC(CO)C(O)CCCCCCCCCCCCC)OC(=O)CCCCCCCCCCCCCC. The molecule has 0 rings (SSSR count). The number of carbonyl (C=O) groups is 2. The average Bonchev–Trinajstić information content (AvgIpc) is 3.20. The summed E-state index contributed by atoms with van der Waals surface area (Å²) >= 11 is 0. The van der Waals surface area contributed by atoms with Crippen LogP contribution in [0.1, 0.15) is 278 Å². The van der Waals surface area contributed by atoms with Crippen molar-refractivity contribution in [1.82, 2.24) is 5.32 Å². The number of carbonyl (C=O) groups excluding carboxylic acids is 2. The average molecular weight is 806 g/mol. The number of hydrogen-bond donors (Lipinski definition) is 3.